The minimum Gasteiger partial charge on any atom is -0.355 e. The van der Waals surface area contributed by atoms with Gasteiger partial charge in [-0.2, -0.15) is 0 Å². The molecule has 8 heteroatoms. The van der Waals surface area contributed by atoms with Crippen molar-refractivity contribution in [3.63, 3.8) is 0 Å². The molecule has 3 aromatic rings. The Kier molecular flexibility index (Phi) is 7.33. The quantitative estimate of drug-likeness (QED) is 0.252. The average molecular weight is 432 g/mol. The van der Waals surface area contributed by atoms with Gasteiger partial charge in [-0.25, -0.2) is 9.37 Å². The van der Waals surface area contributed by atoms with Gasteiger partial charge in [-0.1, -0.05) is 37.7 Å². The van der Waals surface area contributed by atoms with Crippen LogP contribution in [0, 0.1) is 11.7 Å². The first-order chi connectivity index (χ1) is 14.0. The van der Waals surface area contributed by atoms with Gasteiger partial charge in [0, 0.05) is 11.6 Å². The van der Waals surface area contributed by atoms with Crippen molar-refractivity contribution in [1.82, 2.24) is 14.9 Å². The van der Waals surface area contributed by atoms with Crippen LogP contribution in [0.1, 0.15) is 13.8 Å². The van der Waals surface area contributed by atoms with Crippen LogP contribution in [0.3, 0.4) is 0 Å². The molecule has 0 radical (unpaired) electrons. The summed E-state index contributed by atoms with van der Waals surface area (Å²) in [6, 6.07) is 12.9. The van der Waals surface area contributed by atoms with Gasteiger partial charge in [-0.3, -0.25) is 14.2 Å². The summed E-state index contributed by atoms with van der Waals surface area (Å²) in [4.78, 5) is 29.6. The lowest BCUT2D eigenvalue weighted by molar-refractivity contribution is -0.118. The van der Waals surface area contributed by atoms with Gasteiger partial charge >= 0.3 is 0 Å². The second-order valence-electron chi connectivity index (χ2n) is 6.84. The highest BCUT2D eigenvalue weighted by Gasteiger charge is 2.13. The Hall–Kier alpha value is -2.32. The van der Waals surface area contributed by atoms with E-state index in [9.17, 15) is 14.0 Å². The molecule has 2 aromatic carbocycles. The summed E-state index contributed by atoms with van der Waals surface area (Å²) in [5.41, 5.74) is 0.958. The highest BCUT2D eigenvalue weighted by Crippen LogP contribution is 2.24. The van der Waals surface area contributed by atoms with Crippen molar-refractivity contribution in [2.24, 2.45) is 5.92 Å². The molecule has 0 saturated carbocycles. The second-order valence-corrected chi connectivity index (χ2v) is 9.13. The number of nitrogens with one attached hydrogen (secondary N) is 1. The first-order valence-corrected chi connectivity index (χ1v) is 11.3. The van der Waals surface area contributed by atoms with Gasteiger partial charge in [0.2, 0.25) is 5.91 Å². The van der Waals surface area contributed by atoms with Crippen LogP contribution in [0.25, 0.3) is 16.6 Å². The largest absolute Gasteiger partial charge is 0.355 e. The summed E-state index contributed by atoms with van der Waals surface area (Å²) in [6.07, 6.45) is 0. The van der Waals surface area contributed by atoms with Gasteiger partial charge in [0.25, 0.3) is 5.56 Å². The van der Waals surface area contributed by atoms with Gasteiger partial charge < -0.3 is 5.32 Å². The summed E-state index contributed by atoms with van der Waals surface area (Å²) in [5.74, 6) is 0.373. The van der Waals surface area contributed by atoms with Crippen LogP contribution in [-0.4, -0.2) is 32.8 Å². The molecule has 0 saturated heterocycles. The lowest BCUT2D eigenvalue weighted by atomic mass is 10.2. The fraction of sp³-hybridized carbons (Fsp3) is 0.286. The third kappa shape index (κ3) is 5.61. The molecule has 0 bridgehead atoms. The maximum absolute atomic E-state index is 13.3. The van der Waals surface area contributed by atoms with Crippen LogP contribution in [0.15, 0.2) is 58.5 Å². The predicted molar refractivity (Wildman–Crippen MR) is 118 cm³/mol. The molecule has 0 aliphatic carbocycles. The number of hydrogen-bond donors (Lipinski definition) is 1. The maximum Gasteiger partial charge on any atom is 0.266 e. The SMILES string of the molecule is CC(C)CNC(=O)CSCSc1nc2ccccc2c(=O)n1-c1ccc(F)cc1. The molecule has 5 nitrogen and oxygen atoms in total. The average Bonchev–Trinajstić information content (AvgIpc) is 2.71. The summed E-state index contributed by atoms with van der Waals surface area (Å²) < 4.78 is 14.8. The van der Waals surface area contributed by atoms with Gasteiger partial charge in [-0.15, -0.1) is 11.8 Å². The number of amides is 1. The molecule has 1 N–H and O–H groups in total. The number of nitrogens with zero attached hydrogens (tertiary/aromatic N) is 2. The van der Waals surface area contributed by atoms with Crippen LogP contribution in [0.5, 0.6) is 0 Å². The molecule has 0 aliphatic rings. The molecule has 29 heavy (non-hydrogen) atoms. The summed E-state index contributed by atoms with van der Waals surface area (Å²) in [6.45, 7) is 4.75. The number of fused-ring (bicyclic) bond motifs is 1. The number of para-hydroxylation sites is 1. The van der Waals surface area contributed by atoms with Crippen LogP contribution >= 0.6 is 23.5 Å². The predicted octanol–water partition coefficient (Wildman–Crippen LogP) is 4.08. The van der Waals surface area contributed by atoms with Gasteiger partial charge in [0.15, 0.2) is 5.16 Å². The molecule has 1 amide bonds. The molecule has 152 valence electrons. The highest BCUT2D eigenvalue weighted by atomic mass is 32.2. The first kappa shape index (κ1) is 21.4. The van der Waals surface area contributed by atoms with Crippen molar-refractivity contribution in [2.45, 2.75) is 19.0 Å². The number of benzene rings is 2. The van der Waals surface area contributed by atoms with E-state index in [1.807, 2.05) is 19.9 Å². The molecular formula is C21H22FN3O2S2. The van der Waals surface area contributed by atoms with E-state index in [0.29, 0.717) is 45.0 Å². The molecule has 1 heterocycles. The van der Waals surface area contributed by atoms with Crippen molar-refractivity contribution in [3.8, 4) is 5.69 Å². The Bertz CT molecular complexity index is 1050. The second kappa shape index (κ2) is 9.93. The molecule has 3 rings (SSSR count). The molecule has 0 atom stereocenters. The fourth-order valence-corrected chi connectivity index (χ4v) is 4.48. The number of aromatic nitrogens is 2. The number of carbonyl (C=O) groups is 1. The highest BCUT2D eigenvalue weighted by molar-refractivity contribution is 8.16. The number of thioether (sulfide) groups is 2. The molecule has 1 aromatic heterocycles. The van der Waals surface area contributed by atoms with E-state index in [4.69, 9.17) is 0 Å². The summed E-state index contributed by atoms with van der Waals surface area (Å²) in [5, 5.41) is 4.45. The number of halogens is 1. The number of hydrogen-bond acceptors (Lipinski definition) is 5. The fourth-order valence-electron chi connectivity index (χ4n) is 2.62. The third-order valence-electron chi connectivity index (χ3n) is 4.04. The van der Waals surface area contributed by atoms with E-state index in [1.54, 1.807) is 30.3 Å². The maximum atomic E-state index is 13.3. The summed E-state index contributed by atoms with van der Waals surface area (Å²) >= 11 is 2.84. The Morgan fingerprint density at radius 1 is 1.17 bits per heavy atom. The van der Waals surface area contributed by atoms with Crippen molar-refractivity contribution in [2.75, 3.05) is 17.4 Å². The van der Waals surface area contributed by atoms with Crippen LogP contribution in [-0.2, 0) is 4.79 Å². The Morgan fingerprint density at radius 3 is 2.62 bits per heavy atom. The van der Waals surface area contributed by atoms with Crippen LogP contribution in [0.4, 0.5) is 4.39 Å². The van der Waals surface area contributed by atoms with Crippen LogP contribution in [0.2, 0.25) is 0 Å². The van der Waals surface area contributed by atoms with Crippen LogP contribution < -0.4 is 10.9 Å². The minimum absolute atomic E-state index is 0.00769. The van der Waals surface area contributed by atoms with E-state index >= 15 is 0 Å². The van der Waals surface area contributed by atoms with Crippen molar-refractivity contribution >= 4 is 40.3 Å². The van der Waals surface area contributed by atoms with E-state index in [-0.39, 0.29) is 17.3 Å². The zero-order valence-electron chi connectivity index (χ0n) is 16.2. The smallest absolute Gasteiger partial charge is 0.266 e. The Labute approximate surface area is 177 Å². The zero-order valence-corrected chi connectivity index (χ0v) is 17.9. The Balaban J connectivity index is 1.81. The Morgan fingerprint density at radius 2 is 1.90 bits per heavy atom. The lowest BCUT2D eigenvalue weighted by Crippen LogP contribution is -2.28. The number of rotatable bonds is 8. The standard InChI is InChI=1S/C21H22FN3O2S2/c1-14(2)11-23-19(26)12-28-13-29-21-24-18-6-4-3-5-17(18)20(27)25(21)16-9-7-15(22)8-10-16/h3-10,14H,11-13H2,1-2H3,(H,23,26). The molecular weight excluding hydrogens is 409 g/mol. The van der Waals surface area contributed by atoms with Crippen molar-refractivity contribution in [1.29, 1.82) is 0 Å². The normalized spacial score (nSPS) is 11.2. The zero-order chi connectivity index (χ0) is 20.8. The molecule has 0 aliphatic heterocycles. The monoisotopic (exact) mass is 431 g/mol. The molecule has 0 unspecified atom stereocenters. The van der Waals surface area contributed by atoms with Crippen molar-refractivity contribution < 1.29 is 9.18 Å². The van der Waals surface area contributed by atoms with E-state index in [2.05, 4.69) is 10.3 Å². The molecule has 0 fully saturated rings. The van der Waals surface area contributed by atoms with Gasteiger partial charge in [-0.05, 0) is 42.3 Å². The minimum atomic E-state index is -0.368. The first-order valence-electron chi connectivity index (χ1n) is 9.20. The van der Waals surface area contributed by atoms with Gasteiger partial charge in [0.05, 0.1) is 22.3 Å². The topological polar surface area (TPSA) is 64.0 Å². The lowest BCUT2D eigenvalue weighted by Gasteiger charge is -2.13. The van der Waals surface area contributed by atoms with E-state index < -0.39 is 0 Å². The van der Waals surface area contributed by atoms with E-state index in [0.717, 1.165) is 0 Å². The van der Waals surface area contributed by atoms with Crippen molar-refractivity contribution in [3.05, 3.63) is 64.7 Å². The number of carbonyl (C=O) groups excluding carboxylic acids is 1. The summed E-state index contributed by atoms with van der Waals surface area (Å²) in [7, 11) is 0. The third-order valence-corrected chi connectivity index (χ3v) is 6.18. The molecule has 0 spiro atoms. The van der Waals surface area contributed by atoms with E-state index in [1.165, 1.54) is 40.2 Å². The van der Waals surface area contributed by atoms with Gasteiger partial charge in [0.1, 0.15) is 5.82 Å².